The summed E-state index contributed by atoms with van der Waals surface area (Å²) in [6.45, 7) is 8.19. The molecule has 2 aromatic heterocycles. The van der Waals surface area contributed by atoms with E-state index in [4.69, 9.17) is 13.6 Å². The molecule has 0 bridgehead atoms. The van der Waals surface area contributed by atoms with Gasteiger partial charge in [-0.3, -0.25) is 4.79 Å². The lowest BCUT2D eigenvalue weighted by Crippen LogP contribution is -2.40. The van der Waals surface area contributed by atoms with Crippen LogP contribution in [-0.4, -0.2) is 37.1 Å². The fourth-order valence-electron chi connectivity index (χ4n) is 3.81. The third-order valence-corrected chi connectivity index (χ3v) is 5.49. The van der Waals surface area contributed by atoms with Crippen LogP contribution < -0.4 is 5.63 Å². The van der Waals surface area contributed by atoms with Crippen molar-refractivity contribution in [3.63, 3.8) is 0 Å². The van der Waals surface area contributed by atoms with Crippen molar-refractivity contribution in [3.8, 4) is 0 Å². The summed E-state index contributed by atoms with van der Waals surface area (Å²) in [6, 6.07) is 2.02. The molecule has 0 radical (unpaired) electrons. The Balaban J connectivity index is 1.70. The van der Waals surface area contributed by atoms with Crippen molar-refractivity contribution < 1.29 is 18.4 Å². The molecule has 27 heavy (non-hydrogen) atoms. The van der Waals surface area contributed by atoms with Gasteiger partial charge in [0.25, 0.3) is 0 Å². The highest BCUT2D eigenvalue weighted by Gasteiger charge is 2.20. The molecular formula is C21H23NO5. The first-order chi connectivity index (χ1) is 13.0. The van der Waals surface area contributed by atoms with Gasteiger partial charge in [0.2, 0.25) is 5.91 Å². The van der Waals surface area contributed by atoms with Gasteiger partial charge in [-0.1, -0.05) is 0 Å². The first-order valence-electron chi connectivity index (χ1n) is 9.26. The van der Waals surface area contributed by atoms with E-state index >= 15 is 0 Å². The molecule has 0 spiro atoms. The molecule has 4 rings (SSSR count). The van der Waals surface area contributed by atoms with E-state index in [1.807, 2.05) is 26.8 Å². The number of amides is 1. The molecule has 6 heteroatoms. The molecule has 0 aliphatic carbocycles. The van der Waals surface area contributed by atoms with Gasteiger partial charge in [-0.15, -0.1) is 0 Å². The SMILES string of the molecule is Cc1coc2c(C)c3oc(=O)c(CCC(=O)N4CCOCC4)c(C)c3cc12. The van der Waals surface area contributed by atoms with Gasteiger partial charge in [-0.05, 0) is 44.4 Å². The predicted octanol–water partition coefficient (Wildman–Crippen LogP) is 3.26. The number of carbonyl (C=O) groups excluding carboxylic acids is 1. The number of morpholine rings is 1. The van der Waals surface area contributed by atoms with Crippen LogP contribution in [-0.2, 0) is 16.0 Å². The molecule has 0 saturated carbocycles. The first kappa shape index (κ1) is 17.8. The van der Waals surface area contributed by atoms with Crippen LogP contribution in [0.2, 0.25) is 0 Å². The maximum absolute atomic E-state index is 12.6. The molecule has 3 heterocycles. The summed E-state index contributed by atoms with van der Waals surface area (Å²) in [6.07, 6.45) is 2.39. The molecule has 1 aliphatic heterocycles. The normalized spacial score (nSPS) is 15.0. The summed E-state index contributed by atoms with van der Waals surface area (Å²) in [4.78, 5) is 26.8. The van der Waals surface area contributed by atoms with E-state index in [2.05, 4.69) is 0 Å². The highest BCUT2D eigenvalue weighted by atomic mass is 16.5. The Bertz CT molecular complexity index is 1090. The summed E-state index contributed by atoms with van der Waals surface area (Å²) >= 11 is 0. The maximum Gasteiger partial charge on any atom is 0.339 e. The molecule has 0 N–H and O–H groups in total. The third-order valence-electron chi connectivity index (χ3n) is 5.49. The van der Waals surface area contributed by atoms with Crippen molar-refractivity contribution in [2.75, 3.05) is 26.3 Å². The van der Waals surface area contributed by atoms with E-state index in [0.29, 0.717) is 50.3 Å². The topological polar surface area (TPSA) is 72.9 Å². The molecule has 0 unspecified atom stereocenters. The van der Waals surface area contributed by atoms with Gasteiger partial charge < -0.3 is 18.5 Å². The van der Waals surface area contributed by atoms with Crippen LogP contribution >= 0.6 is 0 Å². The molecule has 1 amide bonds. The monoisotopic (exact) mass is 369 g/mol. The van der Waals surface area contributed by atoms with E-state index in [1.54, 1.807) is 11.2 Å². The summed E-state index contributed by atoms with van der Waals surface area (Å²) in [7, 11) is 0. The molecular weight excluding hydrogens is 346 g/mol. The smallest absolute Gasteiger partial charge is 0.339 e. The minimum Gasteiger partial charge on any atom is -0.464 e. The van der Waals surface area contributed by atoms with E-state index in [0.717, 1.165) is 33.0 Å². The number of rotatable bonds is 3. The van der Waals surface area contributed by atoms with E-state index < -0.39 is 0 Å². The molecule has 0 atom stereocenters. The average molecular weight is 369 g/mol. The van der Waals surface area contributed by atoms with Crippen LogP contribution in [0.4, 0.5) is 0 Å². The van der Waals surface area contributed by atoms with E-state index in [-0.39, 0.29) is 11.5 Å². The van der Waals surface area contributed by atoms with E-state index in [9.17, 15) is 9.59 Å². The van der Waals surface area contributed by atoms with Crippen molar-refractivity contribution in [2.45, 2.75) is 33.6 Å². The molecule has 1 saturated heterocycles. The molecule has 3 aromatic rings. The van der Waals surface area contributed by atoms with Gasteiger partial charge in [0, 0.05) is 41.4 Å². The third kappa shape index (κ3) is 3.04. The molecule has 142 valence electrons. The molecule has 1 fully saturated rings. The van der Waals surface area contributed by atoms with Crippen LogP contribution in [0.25, 0.3) is 21.9 Å². The summed E-state index contributed by atoms with van der Waals surface area (Å²) in [5.74, 6) is 0.0505. The highest BCUT2D eigenvalue weighted by Crippen LogP contribution is 2.32. The van der Waals surface area contributed by atoms with Crippen LogP contribution in [0.3, 0.4) is 0 Å². The lowest BCUT2D eigenvalue weighted by molar-refractivity contribution is -0.135. The van der Waals surface area contributed by atoms with Gasteiger partial charge in [0.05, 0.1) is 19.5 Å². The number of furan rings is 1. The standard InChI is InChI=1S/C21H23NO5/c1-12-11-26-19-14(3)20-17(10-16(12)19)13(2)15(21(24)27-20)4-5-18(23)22-6-8-25-9-7-22/h10-11H,4-9H2,1-3H3. The lowest BCUT2D eigenvalue weighted by Gasteiger charge is -2.26. The van der Waals surface area contributed by atoms with Crippen molar-refractivity contribution >= 4 is 27.8 Å². The highest BCUT2D eigenvalue weighted by molar-refractivity contribution is 5.99. The number of nitrogens with zero attached hydrogens (tertiary/aromatic N) is 1. The van der Waals surface area contributed by atoms with Gasteiger partial charge in [-0.2, -0.15) is 0 Å². The summed E-state index contributed by atoms with van der Waals surface area (Å²) in [5, 5.41) is 1.92. The van der Waals surface area contributed by atoms with Gasteiger partial charge in [0.1, 0.15) is 11.2 Å². The second-order valence-corrected chi connectivity index (χ2v) is 7.16. The second kappa shape index (κ2) is 6.85. The maximum atomic E-state index is 12.6. The number of carbonyl (C=O) groups is 1. The average Bonchev–Trinajstić information content (AvgIpc) is 3.04. The van der Waals surface area contributed by atoms with Crippen LogP contribution in [0.1, 0.15) is 28.7 Å². The Morgan fingerprint density at radius 1 is 1.07 bits per heavy atom. The Morgan fingerprint density at radius 2 is 1.81 bits per heavy atom. The second-order valence-electron chi connectivity index (χ2n) is 7.16. The molecule has 6 nitrogen and oxygen atoms in total. The number of hydrogen-bond donors (Lipinski definition) is 0. The van der Waals surface area contributed by atoms with Crippen molar-refractivity contribution in [1.82, 2.24) is 4.90 Å². The minimum atomic E-state index is -0.375. The van der Waals surface area contributed by atoms with Gasteiger partial charge >= 0.3 is 5.63 Å². The number of hydrogen-bond acceptors (Lipinski definition) is 5. The predicted molar refractivity (Wildman–Crippen MR) is 102 cm³/mol. The Labute approximate surface area is 156 Å². The number of ether oxygens (including phenoxy) is 1. The van der Waals surface area contributed by atoms with Crippen LogP contribution in [0.5, 0.6) is 0 Å². The summed E-state index contributed by atoms with van der Waals surface area (Å²) in [5.41, 5.74) is 4.25. The molecule has 1 aromatic carbocycles. The lowest BCUT2D eigenvalue weighted by atomic mass is 9.98. The molecule has 1 aliphatic rings. The van der Waals surface area contributed by atoms with Crippen molar-refractivity contribution in [1.29, 1.82) is 0 Å². The van der Waals surface area contributed by atoms with Gasteiger partial charge in [-0.25, -0.2) is 4.79 Å². The fraction of sp³-hybridized carbons (Fsp3) is 0.429. The minimum absolute atomic E-state index is 0.0505. The zero-order chi connectivity index (χ0) is 19.1. The fourth-order valence-corrected chi connectivity index (χ4v) is 3.81. The van der Waals surface area contributed by atoms with Crippen LogP contribution in [0, 0.1) is 20.8 Å². The zero-order valence-electron chi connectivity index (χ0n) is 15.9. The summed E-state index contributed by atoms with van der Waals surface area (Å²) < 4.78 is 16.5. The van der Waals surface area contributed by atoms with Crippen molar-refractivity contribution in [3.05, 3.63) is 45.0 Å². The zero-order valence-corrected chi connectivity index (χ0v) is 15.9. The Kier molecular flexibility index (Phi) is 4.52. The van der Waals surface area contributed by atoms with Crippen molar-refractivity contribution in [2.24, 2.45) is 0 Å². The quantitative estimate of drug-likeness (QED) is 0.663. The largest absolute Gasteiger partial charge is 0.464 e. The van der Waals surface area contributed by atoms with Gasteiger partial charge in [0.15, 0.2) is 0 Å². The first-order valence-corrected chi connectivity index (χ1v) is 9.26. The number of benzene rings is 1. The number of fused-ring (bicyclic) bond motifs is 2. The Hall–Kier alpha value is -2.60. The number of aryl methyl sites for hydroxylation is 3. The van der Waals surface area contributed by atoms with Crippen LogP contribution in [0.15, 0.2) is 26.0 Å². The Morgan fingerprint density at radius 3 is 2.56 bits per heavy atom. The van der Waals surface area contributed by atoms with E-state index in [1.165, 1.54) is 0 Å².